The number of carbonyl (C=O) groups excluding carboxylic acids is 4. The van der Waals surface area contributed by atoms with E-state index in [9.17, 15) is 23.6 Å². The fraction of sp³-hybridized carbons (Fsp3) is 0.278. The number of carbonyl (C=O) groups is 4. The number of hydrogen-bond acceptors (Lipinski definition) is 6. The van der Waals surface area contributed by atoms with Crippen molar-refractivity contribution in [3.63, 3.8) is 0 Å². The Kier molecular flexibility index (Phi) is 10.2. The highest BCUT2D eigenvalue weighted by atomic mass is 19.1. The quantitative estimate of drug-likeness (QED) is 0.237. The summed E-state index contributed by atoms with van der Waals surface area (Å²) in [5.74, 6) is -3.22. The van der Waals surface area contributed by atoms with Crippen LogP contribution in [0.2, 0.25) is 0 Å². The Balaban J connectivity index is 1.40. The zero-order valence-corrected chi connectivity index (χ0v) is 24.8. The van der Waals surface area contributed by atoms with Crippen molar-refractivity contribution in [3.8, 4) is 0 Å². The largest absolute Gasteiger partial charge is 0.447 e. The molecule has 3 aromatic carbocycles. The van der Waals surface area contributed by atoms with Gasteiger partial charge in [0.1, 0.15) is 19.0 Å². The Morgan fingerprint density at radius 3 is 1.76 bits per heavy atom. The first-order valence-corrected chi connectivity index (χ1v) is 14.9. The number of benzene rings is 3. The second kappa shape index (κ2) is 14.6. The van der Waals surface area contributed by atoms with Gasteiger partial charge in [-0.1, -0.05) is 91.0 Å². The van der Waals surface area contributed by atoms with Crippen molar-refractivity contribution in [2.75, 3.05) is 13.2 Å². The minimum Gasteiger partial charge on any atom is -0.447 e. The molecule has 0 spiro atoms. The van der Waals surface area contributed by atoms with Gasteiger partial charge in [0, 0.05) is 0 Å². The molecular formula is C36H35FN2O6. The molecule has 0 unspecified atom stereocenters. The van der Waals surface area contributed by atoms with Crippen molar-refractivity contribution >= 4 is 24.0 Å². The van der Waals surface area contributed by atoms with Crippen LogP contribution in [-0.2, 0) is 38.3 Å². The van der Waals surface area contributed by atoms with Crippen LogP contribution in [0, 0.1) is 17.7 Å². The Hall–Kier alpha value is -5.05. The van der Waals surface area contributed by atoms with Gasteiger partial charge in [-0.05, 0) is 54.5 Å². The van der Waals surface area contributed by atoms with Crippen LogP contribution in [0.1, 0.15) is 23.1 Å². The van der Waals surface area contributed by atoms with Gasteiger partial charge in [0.25, 0.3) is 0 Å². The first-order chi connectivity index (χ1) is 21.8. The van der Waals surface area contributed by atoms with E-state index in [1.165, 1.54) is 12.1 Å². The second-order valence-electron chi connectivity index (χ2n) is 11.2. The minimum atomic E-state index is -0.929. The highest BCUT2D eigenvalue weighted by Gasteiger charge is 2.42. The molecule has 4 amide bonds. The van der Waals surface area contributed by atoms with Crippen molar-refractivity contribution in [2.45, 2.75) is 37.8 Å². The van der Waals surface area contributed by atoms with Crippen molar-refractivity contribution in [2.24, 2.45) is 11.8 Å². The number of allylic oxidation sites excluding steroid dienone is 1. The number of amides is 4. The first-order valence-electron chi connectivity index (χ1n) is 14.9. The molecule has 0 N–H and O–H groups in total. The standard InChI is InChI=1S/C36H35FN2O6/c1-2-10-28(33(40)38-31(23-44-35(38)42)21-25-11-5-3-6-12-25)17-18-29(19-27-15-9-16-30(37)20-27)34(41)39-32(24-45-36(39)43)22-26-13-7-4-8-14-26/h2-9,11-18,20,28-29,31-32H,1,10,19,21-24H2/t28-,29+,31-,32-/m0/s1. The summed E-state index contributed by atoms with van der Waals surface area (Å²) in [5.41, 5.74) is 2.44. The lowest BCUT2D eigenvalue weighted by atomic mass is 9.93. The summed E-state index contributed by atoms with van der Waals surface area (Å²) >= 11 is 0. The lowest BCUT2D eigenvalue weighted by molar-refractivity contribution is -0.133. The smallest absolute Gasteiger partial charge is 0.417 e. The van der Waals surface area contributed by atoms with E-state index in [-0.39, 0.29) is 26.1 Å². The van der Waals surface area contributed by atoms with E-state index in [4.69, 9.17) is 9.47 Å². The molecule has 0 aromatic heterocycles. The van der Waals surface area contributed by atoms with Gasteiger partial charge in [-0.3, -0.25) is 9.59 Å². The molecule has 4 atom stereocenters. The zero-order chi connectivity index (χ0) is 31.8. The average molecular weight is 611 g/mol. The molecule has 2 aliphatic heterocycles. The number of ether oxygens (including phenoxy) is 2. The van der Waals surface area contributed by atoms with Crippen LogP contribution >= 0.6 is 0 Å². The van der Waals surface area contributed by atoms with E-state index in [1.807, 2.05) is 60.7 Å². The molecule has 2 heterocycles. The van der Waals surface area contributed by atoms with E-state index in [2.05, 4.69) is 6.58 Å². The van der Waals surface area contributed by atoms with Crippen LogP contribution in [0.25, 0.3) is 0 Å². The highest BCUT2D eigenvalue weighted by Crippen LogP contribution is 2.26. The number of nitrogens with zero attached hydrogens (tertiary/aromatic N) is 2. The minimum absolute atomic E-state index is 0.0489. The molecule has 5 rings (SSSR count). The van der Waals surface area contributed by atoms with Crippen LogP contribution in [0.4, 0.5) is 14.0 Å². The van der Waals surface area contributed by atoms with E-state index in [1.54, 1.807) is 30.4 Å². The maximum absolute atomic E-state index is 14.1. The van der Waals surface area contributed by atoms with Gasteiger partial charge in [-0.2, -0.15) is 0 Å². The van der Waals surface area contributed by atoms with Gasteiger partial charge in [0.2, 0.25) is 11.8 Å². The van der Waals surface area contributed by atoms with Gasteiger partial charge in [-0.15, -0.1) is 6.58 Å². The van der Waals surface area contributed by atoms with Gasteiger partial charge < -0.3 is 9.47 Å². The summed E-state index contributed by atoms with van der Waals surface area (Å²) in [6.07, 6.45) is 4.35. The van der Waals surface area contributed by atoms with Crippen molar-refractivity contribution < 1.29 is 33.0 Å². The number of halogens is 1. The Morgan fingerprint density at radius 2 is 1.24 bits per heavy atom. The average Bonchev–Trinajstić information content (AvgIpc) is 3.59. The van der Waals surface area contributed by atoms with E-state index >= 15 is 0 Å². The molecular weight excluding hydrogens is 575 g/mol. The van der Waals surface area contributed by atoms with Crippen molar-refractivity contribution in [3.05, 3.63) is 132 Å². The Bertz CT molecular complexity index is 1560. The normalized spacial score (nSPS) is 19.3. The third-order valence-electron chi connectivity index (χ3n) is 8.00. The second-order valence-corrected chi connectivity index (χ2v) is 11.2. The van der Waals surface area contributed by atoms with Crippen LogP contribution in [0.3, 0.4) is 0 Å². The monoisotopic (exact) mass is 610 g/mol. The lowest BCUT2D eigenvalue weighted by Gasteiger charge is -2.25. The fourth-order valence-corrected chi connectivity index (χ4v) is 5.76. The molecule has 0 saturated carbocycles. The molecule has 8 nitrogen and oxygen atoms in total. The molecule has 0 radical (unpaired) electrons. The van der Waals surface area contributed by atoms with E-state index in [0.29, 0.717) is 18.4 Å². The molecule has 9 heteroatoms. The third kappa shape index (κ3) is 7.73. The summed E-state index contributed by atoms with van der Waals surface area (Å²) in [5, 5.41) is 0. The molecule has 232 valence electrons. The zero-order valence-electron chi connectivity index (χ0n) is 24.8. The van der Waals surface area contributed by atoms with Gasteiger partial charge in [-0.25, -0.2) is 23.8 Å². The number of hydrogen-bond donors (Lipinski definition) is 0. The van der Waals surface area contributed by atoms with E-state index < -0.39 is 53.7 Å². The summed E-state index contributed by atoms with van der Waals surface area (Å²) in [6, 6.07) is 23.8. The third-order valence-corrected chi connectivity index (χ3v) is 8.00. The predicted molar refractivity (Wildman–Crippen MR) is 165 cm³/mol. The summed E-state index contributed by atoms with van der Waals surface area (Å²) in [6.45, 7) is 3.90. The maximum Gasteiger partial charge on any atom is 0.417 e. The number of cyclic esters (lactones) is 2. The van der Waals surface area contributed by atoms with E-state index in [0.717, 1.165) is 20.9 Å². The van der Waals surface area contributed by atoms with Crippen molar-refractivity contribution in [1.29, 1.82) is 0 Å². The van der Waals surface area contributed by atoms with Gasteiger partial charge in [0.15, 0.2) is 0 Å². The van der Waals surface area contributed by atoms with Crippen LogP contribution in [-0.4, -0.2) is 59.1 Å². The molecule has 45 heavy (non-hydrogen) atoms. The summed E-state index contributed by atoms with van der Waals surface area (Å²) in [4.78, 5) is 55.7. The molecule has 3 aromatic rings. The SMILES string of the molecule is C=CC[C@@H](C=C[C@H](Cc1cccc(F)c1)C(=O)N1C(=O)OC[C@@H]1Cc1ccccc1)C(=O)N1C(=O)OC[C@@H]1Cc1ccccc1. The number of imide groups is 2. The Morgan fingerprint density at radius 1 is 0.756 bits per heavy atom. The topological polar surface area (TPSA) is 93.2 Å². The molecule has 0 aliphatic carbocycles. The lowest BCUT2D eigenvalue weighted by Crippen LogP contribution is -2.44. The summed E-state index contributed by atoms with van der Waals surface area (Å²) < 4.78 is 24.7. The fourth-order valence-electron chi connectivity index (χ4n) is 5.76. The molecule has 2 fully saturated rings. The maximum atomic E-state index is 14.1. The highest BCUT2D eigenvalue weighted by molar-refractivity contribution is 5.97. The van der Waals surface area contributed by atoms with Crippen LogP contribution < -0.4 is 0 Å². The first kappa shape index (κ1) is 31.4. The van der Waals surface area contributed by atoms with Crippen LogP contribution in [0.15, 0.2) is 110 Å². The molecule has 2 saturated heterocycles. The molecule has 2 aliphatic rings. The van der Waals surface area contributed by atoms with Gasteiger partial charge in [0.05, 0.1) is 23.9 Å². The number of rotatable bonds is 12. The Labute approximate surface area is 261 Å². The predicted octanol–water partition coefficient (Wildman–Crippen LogP) is 5.91. The summed E-state index contributed by atoms with van der Waals surface area (Å²) in [7, 11) is 0. The molecule has 0 bridgehead atoms. The van der Waals surface area contributed by atoms with Gasteiger partial charge >= 0.3 is 12.2 Å². The van der Waals surface area contributed by atoms with Crippen LogP contribution in [0.5, 0.6) is 0 Å². The van der Waals surface area contributed by atoms with Crippen molar-refractivity contribution in [1.82, 2.24) is 9.80 Å².